The van der Waals surface area contributed by atoms with E-state index in [9.17, 15) is 23.1 Å². The standard InChI is InChI=1S/C17H16N4O6S/c1-10(22)15(21-20-14-5-3-2-4-13(14)17(24)25)16(23)19-11-6-8-12(9-7-11)28(18,26)27/h2-9,22H,1H3,(H,19,23)(H,24,25)(H2,18,26,27). The van der Waals surface area contributed by atoms with E-state index in [-0.39, 0.29) is 21.8 Å². The first-order chi connectivity index (χ1) is 13.1. The maximum absolute atomic E-state index is 12.3. The lowest BCUT2D eigenvalue weighted by molar-refractivity contribution is -0.113. The fourth-order valence-corrected chi connectivity index (χ4v) is 2.56. The summed E-state index contributed by atoms with van der Waals surface area (Å²) in [5.41, 5.74) is -0.354. The van der Waals surface area contributed by atoms with Crippen molar-refractivity contribution in [1.82, 2.24) is 0 Å². The second-order valence-electron chi connectivity index (χ2n) is 5.48. The molecule has 28 heavy (non-hydrogen) atoms. The molecule has 0 bridgehead atoms. The van der Waals surface area contributed by atoms with E-state index in [0.717, 1.165) is 0 Å². The number of aliphatic hydroxyl groups is 1. The molecule has 0 aliphatic carbocycles. The lowest BCUT2D eigenvalue weighted by Crippen LogP contribution is -2.15. The van der Waals surface area contributed by atoms with Crippen LogP contribution in [0.3, 0.4) is 0 Å². The summed E-state index contributed by atoms with van der Waals surface area (Å²) < 4.78 is 22.5. The normalized spacial score (nSPS) is 12.5. The van der Waals surface area contributed by atoms with E-state index in [1.165, 1.54) is 49.4 Å². The monoisotopic (exact) mass is 404 g/mol. The van der Waals surface area contributed by atoms with Crippen LogP contribution in [0.2, 0.25) is 0 Å². The first-order valence-corrected chi connectivity index (χ1v) is 9.22. The van der Waals surface area contributed by atoms with Crippen LogP contribution in [0.4, 0.5) is 11.4 Å². The summed E-state index contributed by atoms with van der Waals surface area (Å²) >= 11 is 0. The maximum atomic E-state index is 12.3. The van der Waals surface area contributed by atoms with Gasteiger partial charge < -0.3 is 15.5 Å². The summed E-state index contributed by atoms with van der Waals surface area (Å²) in [4.78, 5) is 23.4. The largest absolute Gasteiger partial charge is 0.510 e. The van der Waals surface area contributed by atoms with Crippen LogP contribution in [-0.2, 0) is 14.8 Å². The van der Waals surface area contributed by atoms with Gasteiger partial charge in [-0.25, -0.2) is 18.4 Å². The molecule has 0 heterocycles. The van der Waals surface area contributed by atoms with Crippen molar-refractivity contribution in [1.29, 1.82) is 0 Å². The highest BCUT2D eigenvalue weighted by Crippen LogP contribution is 2.21. The summed E-state index contributed by atoms with van der Waals surface area (Å²) in [5.74, 6) is -2.50. The number of carboxylic acid groups (broad SMARTS) is 1. The number of sulfonamides is 1. The van der Waals surface area contributed by atoms with Crippen LogP contribution in [0.15, 0.2) is 75.1 Å². The molecule has 0 aromatic heterocycles. The Labute approximate surface area is 160 Å². The Balaban J connectivity index is 2.24. The third kappa shape index (κ3) is 5.22. The van der Waals surface area contributed by atoms with Gasteiger partial charge in [-0.1, -0.05) is 12.1 Å². The number of aromatic carboxylic acids is 1. The molecule has 2 rings (SSSR count). The Morgan fingerprint density at radius 2 is 1.64 bits per heavy atom. The number of primary sulfonamides is 1. The second kappa shape index (κ2) is 8.41. The van der Waals surface area contributed by atoms with Crippen LogP contribution in [0.1, 0.15) is 17.3 Å². The number of rotatable bonds is 6. The van der Waals surface area contributed by atoms with Crippen LogP contribution in [-0.4, -0.2) is 30.5 Å². The SMILES string of the molecule is CC(O)=C(N=Nc1ccccc1C(=O)O)C(=O)Nc1ccc(S(N)(=O)=O)cc1. The number of allylic oxidation sites excluding steroid dienone is 1. The molecule has 0 radical (unpaired) electrons. The van der Waals surface area contributed by atoms with Crippen LogP contribution in [0.25, 0.3) is 0 Å². The van der Waals surface area contributed by atoms with E-state index < -0.39 is 33.4 Å². The van der Waals surface area contributed by atoms with Gasteiger partial charge in [0.15, 0.2) is 5.70 Å². The third-order valence-corrected chi connectivity index (χ3v) is 4.32. The Kier molecular flexibility index (Phi) is 6.23. The molecule has 0 atom stereocenters. The molecule has 5 N–H and O–H groups in total. The zero-order chi connectivity index (χ0) is 20.9. The van der Waals surface area contributed by atoms with Gasteiger partial charge in [-0.3, -0.25) is 4.79 Å². The van der Waals surface area contributed by atoms with Crippen molar-refractivity contribution in [2.75, 3.05) is 5.32 Å². The molecule has 0 aliphatic rings. The number of hydrogen-bond donors (Lipinski definition) is 4. The number of anilines is 1. The van der Waals surface area contributed by atoms with Crippen LogP contribution >= 0.6 is 0 Å². The van der Waals surface area contributed by atoms with Gasteiger partial charge in [-0.2, -0.15) is 0 Å². The van der Waals surface area contributed by atoms with Crippen molar-refractivity contribution in [3.8, 4) is 0 Å². The number of nitrogens with zero attached hydrogens (tertiary/aromatic N) is 2. The predicted octanol–water partition coefficient (Wildman–Crippen LogP) is 2.54. The summed E-state index contributed by atoms with van der Waals surface area (Å²) in [6.45, 7) is 1.21. The van der Waals surface area contributed by atoms with Gasteiger partial charge in [0.05, 0.1) is 10.5 Å². The van der Waals surface area contributed by atoms with E-state index in [0.29, 0.717) is 0 Å². The van der Waals surface area contributed by atoms with Crippen molar-refractivity contribution in [3.05, 3.63) is 65.6 Å². The molecule has 0 spiro atoms. The van der Waals surface area contributed by atoms with Gasteiger partial charge in [0.25, 0.3) is 5.91 Å². The van der Waals surface area contributed by atoms with Gasteiger partial charge in [0, 0.05) is 5.69 Å². The van der Waals surface area contributed by atoms with Crippen LogP contribution in [0, 0.1) is 0 Å². The molecule has 2 aromatic rings. The molecule has 1 amide bonds. The van der Waals surface area contributed by atoms with E-state index in [4.69, 9.17) is 10.2 Å². The highest BCUT2D eigenvalue weighted by molar-refractivity contribution is 7.89. The van der Waals surface area contributed by atoms with Crippen molar-refractivity contribution < 1.29 is 28.2 Å². The summed E-state index contributed by atoms with van der Waals surface area (Å²) in [6.07, 6.45) is 0. The number of carbonyl (C=O) groups excluding carboxylic acids is 1. The Bertz CT molecular complexity index is 1070. The lowest BCUT2D eigenvalue weighted by atomic mass is 10.2. The molecule has 0 fully saturated rings. The van der Waals surface area contributed by atoms with Crippen LogP contribution < -0.4 is 10.5 Å². The minimum atomic E-state index is -3.87. The molecule has 0 aliphatic heterocycles. The molecule has 11 heteroatoms. The van der Waals surface area contributed by atoms with Crippen molar-refractivity contribution in [2.24, 2.45) is 15.4 Å². The summed E-state index contributed by atoms with van der Waals surface area (Å²) in [7, 11) is -3.87. The number of hydrogen-bond acceptors (Lipinski definition) is 7. The van der Waals surface area contributed by atoms with Crippen LogP contribution in [0.5, 0.6) is 0 Å². The van der Waals surface area contributed by atoms with Gasteiger partial charge in [0.1, 0.15) is 11.4 Å². The second-order valence-corrected chi connectivity index (χ2v) is 7.04. The van der Waals surface area contributed by atoms with Crippen molar-refractivity contribution in [3.63, 3.8) is 0 Å². The fraction of sp³-hybridized carbons (Fsp3) is 0.0588. The number of carboxylic acids is 1. The fourth-order valence-electron chi connectivity index (χ4n) is 2.05. The molecule has 146 valence electrons. The minimum Gasteiger partial charge on any atom is -0.510 e. The summed E-state index contributed by atoms with van der Waals surface area (Å²) in [6, 6.07) is 10.8. The zero-order valence-electron chi connectivity index (χ0n) is 14.5. The van der Waals surface area contributed by atoms with E-state index in [2.05, 4.69) is 15.5 Å². The van der Waals surface area contributed by atoms with Gasteiger partial charge in [-0.05, 0) is 43.3 Å². The first-order valence-electron chi connectivity index (χ1n) is 7.67. The van der Waals surface area contributed by atoms with E-state index in [1.54, 1.807) is 6.07 Å². The molecular weight excluding hydrogens is 388 g/mol. The van der Waals surface area contributed by atoms with Gasteiger partial charge in [0.2, 0.25) is 10.0 Å². The predicted molar refractivity (Wildman–Crippen MR) is 99.7 cm³/mol. The average molecular weight is 404 g/mol. The number of carbonyl (C=O) groups is 2. The molecule has 0 saturated carbocycles. The Morgan fingerprint density at radius 1 is 1.04 bits per heavy atom. The smallest absolute Gasteiger partial charge is 0.337 e. The molecule has 10 nitrogen and oxygen atoms in total. The maximum Gasteiger partial charge on any atom is 0.337 e. The highest BCUT2D eigenvalue weighted by atomic mass is 32.2. The number of amides is 1. The molecule has 2 aromatic carbocycles. The number of benzene rings is 2. The van der Waals surface area contributed by atoms with E-state index >= 15 is 0 Å². The topological polar surface area (TPSA) is 172 Å². The number of nitrogens with one attached hydrogen (secondary N) is 1. The molecular formula is C17H16N4O6S. The number of aliphatic hydroxyl groups excluding tert-OH is 1. The number of azo groups is 1. The highest BCUT2D eigenvalue weighted by Gasteiger charge is 2.15. The van der Waals surface area contributed by atoms with E-state index in [1.807, 2.05) is 0 Å². The first kappa shape index (κ1) is 20.7. The van der Waals surface area contributed by atoms with Gasteiger partial charge in [-0.15, -0.1) is 10.2 Å². The van der Waals surface area contributed by atoms with Gasteiger partial charge >= 0.3 is 5.97 Å². The quantitative estimate of drug-likeness (QED) is 0.327. The molecule has 0 saturated heterocycles. The Morgan fingerprint density at radius 3 is 2.18 bits per heavy atom. The molecule has 0 unspecified atom stereocenters. The lowest BCUT2D eigenvalue weighted by Gasteiger charge is -2.07. The van der Waals surface area contributed by atoms with Crippen molar-refractivity contribution >= 4 is 33.3 Å². The number of nitrogens with two attached hydrogens (primary N) is 1. The zero-order valence-corrected chi connectivity index (χ0v) is 15.3. The summed E-state index contributed by atoms with van der Waals surface area (Å²) in [5, 5.41) is 33.6. The minimum absolute atomic E-state index is 0.000875. The Hall–Kier alpha value is -3.57. The third-order valence-electron chi connectivity index (χ3n) is 3.39. The van der Waals surface area contributed by atoms with Crippen molar-refractivity contribution in [2.45, 2.75) is 11.8 Å². The average Bonchev–Trinajstić information content (AvgIpc) is 2.61.